The average Bonchev–Trinajstić information content (AvgIpc) is 3.94. The highest BCUT2D eigenvalue weighted by Gasteiger charge is 2.50. The van der Waals surface area contributed by atoms with Crippen LogP contribution >= 0.6 is 0 Å². The van der Waals surface area contributed by atoms with Gasteiger partial charge in [0.25, 0.3) is 0 Å². The summed E-state index contributed by atoms with van der Waals surface area (Å²) in [6.45, 7) is 0. The van der Waals surface area contributed by atoms with Crippen LogP contribution in [-0.2, 0) is 5.41 Å². The highest BCUT2D eigenvalue weighted by Crippen LogP contribution is 2.60. The van der Waals surface area contributed by atoms with E-state index in [-0.39, 0.29) is 5.92 Å². The van der Waals surface area contributed by atoms with E-state index in [1.165, 1.54) is 65.9 Å². The van der Waals surface area contributed by atoms with Gasteiger partial charge in [0, 0.05) is 38.4 Å². The van der Waals surface area contributed by atoms with Gasteiger partial charge >= 0.3 is 0 Å². The van der Waals surface area contributed by atoms with Crippen molar-refractivity contribution in [3.05, 3.63) is 229 Å². The van der Waals surface area contributed by atoms with Gasteiger partial charge in [-0.2, -0.15) is 5.26 Å². The number of aromatic nitrogens is 2. The molecule has 0 N–H and O–H groups in total. The van der Waals surface area contributed by atoms with Crippen LogP contribution in [-0.4, -0.2) is 9.13 Å². The first-order chi connectivity index (χ1) is 29.3. The molecule has 0 spiro atoms. The Morgan fingerprint density at radius 2 is 1.17 bits per heavy atom. The summed E-state index contributed by atoms with van der Waals surface area (Å²) < 4.78 is 4.81. The second-order valence-corrected chi connectivity index (χ2v) is 15.9. The first-order valence-electron chi connectivity index (χ1n) is 20.4. The van der Waals surface area contributed by atoms with Crippen molar-refractivity contribution in [2.24, 2.45) is 5.92 Å². The zero-order valence-electron chi connectivity index (χ0n) is 32.3. The molecule has 10 aromatic rings. The van der Waals surface area contributed by atoms with Crippen LogP contribution < -0.4 is 0 Å². The number of fused-ring (bicyclic) bond motifs is 10. The van der Waals surface area contributed by atoms with E-state index in [1.54, 1.807) is 0 Å². The Hall–Kier alpha value is -7.67. The van der Waals surface area contributed by atoms with E-state index < -0.39 is 5.41 Å². The molecule has 276 valence electrons. The average molecular weight is 752 g/mol. The summed E-state index contributed by atoms with van der Waals surface area (Å²) >= 11 is 0. The SMILES string of the molecule is N#Cc1ccc(-c2ccc(-n3c4ccccc4c4ccccc43)cc2)c(-n2c3ccccc3c3ccc4c(c32)-c2ccccc2C4(c2ccccc2)C2C=CC=CC2)c1. The third kappa shape index (κ3) is 4.69. The number of nitriles is 1. The predicted molar refractivity (Wildman–Crippen MR) is 243 cm³/mol. The molecule has 59 heavy (non-hydrogen) atoms. The Balaban J connectivity index is 1.14. The van der Waals surface area contributed by atoms with E-state index in [2.05, 4.69) is 215 Å². The van der Waals surface area contributed by atoms with Crippen molar-refractivity contribution >= 4 is 43.6 Å². The maximum Gasteiger partial charge on any atom is 0.0992 e. The van der Waals surface area contributed by atoms with Gasteiger partial charge in [-0.15, -0.1) is 0 Å². The smallest absolute Gasteiger partial charge is 0.0992 e. The lowest BCUT2D eigenvalue weighted by molar-refractivity contribution is 0.457. The Labute approximate surface area is 342 Å². The van der Waals surface area contributed by atoms with Crippen molar-refractivity contribution in [1.82, 2.24) is 9.13 Å². The number of hydrogen-bond acceptors (Lipinski definition) is 1. The zero-order chi connectivity index (χ0) is 39.1. The van der Waals surface area contributed by atoms with Crippen LogP contribution in [0.3, 0.4) is 0 Å². The molecule has 0 radical (unpaired) electrons. The number of para-hydroxylation sites is 3. The van der Waals surface area contributed by atoms with Gasteiger partial charge in [-0.1, -0.05) is 164 Å². The fourth-order valence-corrected chi connectivity index (χ4v) is 10.6. The van der Waals surface area contributed by atoms with Crippen molar-refractivity contribution in [2.75, 3.05) is 0 Å². The monoisotopic (exact) mass is 751 g/mol. The molecule has 8 aromatic carbocycles. The number of allylic oxidation sites excluding steroid dienone is 4. The quantitative estimate of drug-likeness (QED) is 0.172. The molecule has 0 saturated carbocycles. The van der Waals surface area contributed by atoms with Crippen LogP contribution in [0.2, 0.25) is 0 Å². The summed E-state index contributed by atoms with van der Waals surface area (Å²) in [5.74, 6) is 0.220. The van der Waals surface area contributed by atoms with Crippen LogP contribution in [0.5, 0.6) is 0 Å². The first-order valence-corrected chi connectivity index (χ1v) is 20.4. The summed E-state index contributed by atoms with van der Waals surface area (Å²) in [7, 11) is 0. The van der Waals surface area contributed by atoms with E-state index in [0.29, 0.717) is 5.56 Å². The van der Waals surface area contributed by atoms with Gasteiger partial charge in [-0.25, -0.2) is 0 Å². The van der Waals surface area contributed by atoms with Crippen LogP contribution in [0.15, 0.2) is 206 Å². The van der Waals surface area contributed by atoms with Gasteiger partial charge in [0.2, 0.25) is 0 Å². The van der Waals surface area contributed by atoms with E-state index in [9.17, 15) is 5.26 Å². The molecule has 0 aliphatic heterocycles. The van der Waals surface area contributed by atoms with Crippen molar-refractivity contribution in [3.63, 3.8) is 0 Å². The molecule has 0 amide bonds. The number of hydrogen-bond donors (Lipinski definition) is 0. The van der Waals surface area contributed by atoms with Crippen molar-refractivity contribution in [2.45, 2.75) is 11.8 Å². The molecule has 2 aliphatic rings. The normalized spacial score (nSPS) is 16.8. The molecule has 3 heteroatoms. The highest BCUT2D eigenvalue weighted by atomic mass is 15.0. The summed E-state index contributed by atoms with van der Waals surface area (Å²) in [5.41, 5.74) is 15.6. The summed E-state index contributed by atoms with van der Waals surface area (Å²) in [4.78, 5) is 0. The lowest BCUT2D eigenvalue weighted by atomic mass is 9.62. The van der Waals surface area contributed by atoms with Gasteiger partial charge in [-0.3, -0.25) is 0 Å². The minimum absolute atomic E-state index is 0.220. The van der Waals surface area contributed by atoms with Crippen molar-refractivity contribution in [3.8, 4) is 39.7 Å². The molecule has 2 atom stereocenters. The molecule has 2 unspecified atom stereocenters. The standard InChI is InChI=1S/C56H37N3/c57-36-37-27-32-42(38-28-30-41(31-29-38)58-50-24-12-8-19-43(50)44-20-9-13-25-51(44)58)53(35-37)59-52-26-14-10-21-45(52)46-33-34-49-54(55(46)59)47-22-7-11-23-48(47)56(49,39-15-3-1-4-16-39)40-17-5-2-6-18-40/h1-17,19-35,40H,18H2. The summed E-state index contributed by atoms with van der Waals surface area (Å²) in [6.07, 6.45) is 10.1. The fourth-order valence-electron chi connectivity index (χ4n) is 10.6. The Kier molecular flexibility index (Phi) is 7.33. The molecule has 2 aromatic heterocycles. The Morgan fingerprint density at radius 3 is 1.86 bits per heavy atom. The van der Waals surface area contributed by atoms with Gasteiger partial charge in [0.15, 0.2) is 0 Å². The third-order valence-corrected chi connectivity index (χ3v) is 13.0. The van der Waals surface area contributed by atoms with E-state index in [1.807, 2.05) is 6.07 Å². The minimum atomic E-state index is -0.399. The molecule has 3 nitrogen and oxygen atoms in total. The third-order valence-electron chi connectivity index (χ3n) is 13.0. The van der Waals surface area contributed by atoms with E-state index >= 15 is 0 Å². The molecule has 0 saturated heterocycles. The zero-order valence-corrected chi connectivity index (χ0v) is 32.3. The second-order valence-electron chi connectivity index (χ2n) is 15.9. The molecule has 0 fully saturated rings. The van der Waals surface area contributed by atoms with E-state index in [4.69, 9.17) is 0 Å². The molecule has 2 aliphatic carbocycles. The lowest BCUT2D eigenvalue weighted by Crippen LogP contribution is -2.35. The molecular formula is C56H37N3. The summed E-state index contributed by atoms with van der Waals surface area (Å²) in [6, 6.07) is 68.6. The lowest BCUT2D eigenvalue weighted by Gasteiger charge is -2.39. The van der Waals surface area contributed by atoms with Gasteiger partial charge in [0.1, 0.15) is 0 Å². The Morgan fingerprint density at radius 1 is 0.525 bits per heavy atom. The van der Waals surface area contributed by atoms with Crippen LogP contribution in [0.4, 0.5) is 0 Å². The maximum absolute atomic E-state index is 10.4. The van der Waals surface area contributed by atoms with E-state index in [0.717, 1.165) is 34.4 Å². The second kappa shape index (κ2) is 12.9. The van der Waals surface area contributed by atoms with Gasteiger partial charge < -0.3 is 9.13 Å². The van der Waals surface area contributed by atoms with Gasteiger partial charge in [0.05, 0.1) is 44.8 Å². The molecule has 2 heterocycles. The van der Waals surface area contributed by atoms with Crippen LogP contribution in [0.1, 0.15) is 28.7 Å². The number of benzene rings is 8. The maximum atomic E-state index is 10.4. The minimum Gasteiger partial charge on any atom is -0.309 e. The van der Waals surface area contributed by atoms with Crippen LogP contribution in [0.25, 0.3) is 77.2 Å². The number of rotatable bonds is 5. The topological polar surface area (TPSA) is 33.6 Å². The largest absolute Gasteiger partial charge is 0.309 e. The fraction of sp³-hybridized carbons (Fsp3) is 0.0536. The van der Waals surface area contributed by atoms with Crippen molar-refractivity contribution < 1.29 is 0 Å². The van der Waals surface area contributed by atoms with Crippen molar-refractivity contribution in [1.29, 1.82) is 5.26 Å². The highest BCUT2D eigenvalue weighted by molar-refractivity contribution is 6.16. The van der Waals surface area contributed by atoms with Crippen LogP contribution in [0, 0.1) is 17.2 Å². The first kappa shape index (κ1) is 33.5. The van der Waals surface area contributed by atoms with Gasteiger partial charge in [-0.05, 0) is 82.6 Å². The molecular weight excluding hydrogens is 715 g/mol. The Bertz CT molecular complexity index is 3370. The predicted octanol–water partition coefficient (Wildman–Crippen LogP) is 13.9. The summed E-state index contributed by atoms with van der Waals surface area (Å²) in [5, 5.41) is 15.3. The molecule has 0 bridgehead atoms. The number of nitrogens with zero attached hydrogens (tertiary/aromatic N) is 3. The molecule has 12 rings (SSSR count).